The largest absolute Gasteiger partial charge is 0.354 e. The first-order chi connectivity index (χ1) is 9.61. The van der Waals surface area contributed by atoms with Crippen LogP contribution in [0.1, 0.15) is 31.7 Å². The molecule has 0 saturated heterocycles. The third-order valence-corrected chi connectivity index (χ3v) is 4.80. The molecule has 1 saturated carbocycles. The smallest absolute Gasteiger partial charge is 0.223 e. The molecule has 4 heteroatoms. The van der Waals surface area contributed by atoms with Crippen molar-refractivity contribution in [3.05, 3.63) is 34.3 Å². The van der Waals surface area contributed by atoms with Gasteiger partial charge in [0, 0.05) is 23.0 Å². The van der Waals surface area contributed by atoms with Crippen LogP contribution in [0.4, 0.5) is 0 Å². The van der Waals surface area contributed by atoms with E-state index in [0.717, 1.165) is 17.3 Å². The monoisotopic (exact) mass is 338 g/mol. The Morgan fingerprint density at radius 3 is 2.75 bits per heavy atom. The van der Waals surface area contributed by atoms with E-state index in [9.17, 15) is 4.79 Å². The molecular weight excluding hydrogens is 316 g/mol. The van der Waals surface area contributed by atoms with Crippen LogP contribution in [-0.4, -0.2) is 18.5 Å². The predicted octanol–water partition coefficient (Wildman–Crippen LogP) is 2.87. The molecule has 3 nitrogen and oxygen atoms in total. The zero-order valence-electron chi connectivity index (χ0n) is 11.9. The van der Waals surface area contributed by atoms with E-state index in [1.165, 1.54) is 18.4 Å². The molecule has 2 atom stereocenters. The Balaban J connectivity index is 1.86. The van der Waals surface area contributed by atoms with Gasteiger partial charge in [-0.2, -0.15) is 0 Å². The molecule has 3 N–H and O–H groups in total. The van der Waals surface area contributed by atoms with Crippen molar-refractivity contribution in [1.82, 2.24) is 5.32 Å². The fraction of sp³-hybridized carbons (Fsp3) is 0.562. The topological polar surface area (TPSA) is 55.1 Å². The highest BCUT2D eigenvalue weighted by Crippen LogP contribution is 2.31. The van der Waals surface area contributed by atoms with Crippen LogP contribution in [0.25, 0.3) is 0 Å². The highest BCUT2D eigenvalue weighted by molar-refractivity contribution is 9.10. The summed E-state index contributed by atoms with van der Waals surface area (Å²) in [7, 11) is 0. The minimum absolute atomic E-state index is 0.0140. The Bertz CT molecular complexity index is 460. The number of benzene rings is 1. The molecule has 0 bridgehead atoms. The number of hydrogen-bond donors (Lipinski definition) is 2. The Morgan fingerprint density at radius 1 is 1.45 bits per heavy atom. The molecule has 110 valence electrons. The zero-order chi connectivity index (χ0) is 14.5. The second-order valence-corrected chi connectivity index (χ2v) is 6.50. The summed E-state index contributed by atoms with van der Waals surface area (Å²) in [5.74, 6) is 0.762. The maximum atomic E-state index is 12.3. The van der Waals surface area contributed by atoms with Crippen LogP contribution < -0.4 is 11.1 Å². The fourth-order valence-corrected chi connectivity index (χ4v) is 2.85. The van der Waals surface area contributed by atoms with Crippen molar-refractivity contribution in [1.29, 1.82) is 0 Å². The van der Waals surface area contributed by atoms with E-state index in [1.54, 1.807) is 0 Å². The molecule has 0 radical (unpaired) electrons. The number of carbonyl (C=O) groups is 1. The van der Waals surface area contributed by atoms with E-state index < -0.39 is 0 Å². The molecule has 1 aliphatic carbocycles. The average Bonchev–Trinajstić information content (AvgIpc) is 3.28. The van der Waals surface area contributed by atoms with E-state index in [0.29, 0.717) is 12.5 Å². The van der Waals surface area contributed by atoms with E-state index in [1.807, 2.05) is 18.2 Å². The van der Waals surface area contributed by atoms with Crippen LogP contribution in [-0.2, 0) is 11.2 Å². The maximum absolute atomic E-state index is 12.3. The van der Waals surface area contributed by atoms with Crippen molar-refractivity contribution in [3.8, 4) is 0 Å². The quantitative estimate of drug-likeness (QED) is 0.803. The number of nitrogens with one attached hydrogen (secondary N) is 1. The molecule has 1 aromatic carbocycles. The predicted molar refractivity (Wildman–Crippen MR) is 85.3 cm³/mol. The average molecular weight is 339 g/mol. The van der Waals surface area contributed by atoms with Crippen LogP contribution >= 0.6 is 15.9 Å². The third-order valence-electron chi connectivity index (χ3n) is 4.03. The molecular formula is C16H23BrN2O. The van der Waals surface area contributed by atoms with Crippen molar-refractivity contribution >= 4 is 21.8 Å². The summed E-state index contributed by atoms with van der Waals surface area (Å²) in [5, 5.41) is 3.02. The summed E-state index contributed by atoms with van der Waals surface area (Å²) >= 11 is 3.54. The molecule has 0 spiro atoms. The number of hydrogen-bond acceptors (Lipinski definition) is 2. The lowest BCUT2D eigenvalue weighted by molar-refractivity contribution is -0.125. The van der Waals surface area contributed by atoms with Crippen molar-refractivity contribution in [2.45, 2.75) is 38.6 Å². The Hall–Kier alpha value is -0.870. The molecule has 20 heavy (non-hydrogen) atoms. The van der Waals surface area contributed by atoms with Crippen LogP contribution in [0.5, 0.6) is 0 Å². The van der Waals surface area contributed by atoms with E-state index >= 15 is 0 Å². The molecule has 0 aliphatic heterocycles. The Morgan fingerprint density at radius 2 is 2.15 bits per heavy atom. The first kappa shape index (κ1) is 15.5. The van der Waals surface area contributed by atoms with Gasteiger partial charge in [-0.05, 0) is 43.2 Å². The molecule has 2 rings (SSSR count). The molecule has 1 amide bonds. The standard InChI is InChI=1S/C16H23BrN2O/c1-2-11(9-13-5-3-4-6-14(13)17)16(20)19-10-15(18)12-7-8-12/h3-6,11-12,15H,2,7-10,18H2,1H3,(H,19,20). The highest BCUT2D eigenvalue weighted by atomic mass is 79.9. The van der Waals surface area contributed by atoms with Crippen LogP contribution in [0.3, 0.4) is 0 Å². The van der Waals surface area contributed by atoms with Gasteiger partial charge in [0.1, 0.15) is 0 Å². The van der Waals surface area contributed by atoms with Crippen LogP contribution in [0.2, 0.25) is 0 Å². The molecule has 2 unspecified atom stereocenters. The number of amides is 1. The van der Waals surface area contributed by atoms with Gasteiger partial charge in [0.25, 0.3) is 0 Å². The Labute approximate surface area is 129 Å². The van der Waals surface area contributed by atoms with Crippen molar-refractivity contribution in [2.24, 2.45) is 17.6 Å². The Kier molecular flexibility index (Phi) is 5.61. The summed E-state index contributed by atoms with van der Waals surface area (Å²) in [5.41, 5.74) is 7.20. The minimum Gasteiger partial charge on any atom is -0.354 e. The molecule has 1 aromatic rings. The number of rotatable bonds is 7. The summed E-state index contributed by atoms with van der Waals surface area (Å²) in [6.45, 7) is 2.66. The minimum atomic E-state index is 0.0140. The van der Waals surface area contributed by atoms with Gasteiger partial charge in [-0.1, -0.05) is 41.1 Å². The zero-order valence-corrected chi connectivity index (χ0v) is 13.5. The van der Waals surface area contributed by atoms with E-state index in [-0.39, 0.29) is 17.9 Å². The number of nitrogens with two attached hydrogens (primary N) is 1. The van der Waals surface area contributed by atoms with Crippen LogP contribution in [0.15, 0.2) is 28.7 Å². The molecule has 1 fully saturated rings. The third kappa shape index (κ3) is 4.32. The second kappa shape index (κ2) is 7.23. The van der Waals surface area contributed by atoms with E-state index in [4.69, 9.17) is 5.73 Å². The number of carbonyl (C=O) groups excluding carboxylic acids is 1. The van der Waals surface area contributed by atoms with Crippen molar-refractivity contribution in [3.63, 3.8) is 0 Å². The summed E-state index contributed by atoms with van der Waals surface area (Å²) < 4.78 is 1.07. The normalized spacial score (nSPS) is 17.6. The summed E-state index contributed by atoms with van der Waals surface area (Å²) in [4.78, 5) is 12.3. The second-order valence-electron chi connectivity index (χ2n) is 5.65. The summed E-state index contributed by atoms with van der Waals surface area (Å²) in [6.07, 6.45) is 4.03. The number of halogens is 1. The highest BCUT2D eigenvalue weighted by Gasteiger charge is 2.29. The van der Waals surface area contributed by atoms with Gasteiger partial charge in [0.2, 0.25) is 5.91 Å². The van der Waals surface area contributed by atoms with E-state index in [2.05, 4.69) is 34.2 Å². The van der Waals surface area contributed by atoms with Crippen molar-refractivity contribution in [2.75, 3.05) is 6.54 Å². The molecule has 1 aliphatic rings. The molecule has 0 aromatic heterocycles. The van der Waals surface area contributed by atoms with Gasteiger partial charge in [0.05, 0.1) is 0 Å². The fourth-order valence-electron chi connectivity index (χ4n) is 2.41. The van der Waals surface area contributed by atoms with Gasteiger partial charge in [-0.15, -0.1) is 0 Å². The lowest BCUT2D eigenvalue weighted by atomic mass is 9.96. The van der Waals surface area contributed by atoms with Crippen molar-refractivity contribution < 1.29 is 4.79 Å². The van der Waals surface area contributed by atoms with Crippen LogP contribution in [0, 0.1) is 11.8 Å². The maximum Gasteiger partial charge on any atom is 0.223 e. The lowest BCUT2D eigenvalue weighted by Crippen LogP contribution is -2.41. The van der Waals surface area contributed by atoms with Gasteiger partial charge in [-0.3, -0.25) is 4.79 Å². The lowest BCUT2D eigenvalue weighted by Gasteiger charge is -2.18. The first-order valence-electron chi connectivity index (χ1n) is 7.38. The first-order valence-corrected chi connectivity index (χ1v) is 8.17. The van der Waals surface area contributed by atoms with Gasteiger partial charge >= 0.3 is 0 Å². The molecule has 0 heterocycles. The van der Waals surface area contributed by atoms with Gasteiger partial charge in [0.15, 0.2) is 0 Å². The van der Waals surface area contributed by atoms with Gasteiger partial charge in [-0.25, -0.2) is 0 Å². The van der Waals surface area contributed by atoms with Gasteiger partial charge < -0.3 is 11.1 Å². The summed E-state index contributed by atoms with van der Waals surface area (Å²) in [6, 6.07) is 8.20. The SMILES string of the molecule is CCC(Cc1ccccc1Br)C(=O)NCC(N)C1CC1.